The van der Waals surface area contributed by atoms with Crippen molar-refractivity contribution in [1.82, 2.24) is 24.2 Å². The van der Waals surface area contributed by atoms with Crippen LogP contribution in [0.1, 0.15) is 18.4 Å². The lowest BCUT2D eigenvalue weighted by atomic mass is 10.0. The molecule has 9 nitrogen and oxygen atoms in total. The topological polar surface area (TPSA) is 108 Å². The monoisotopic (exact) mass is 467 g/mol. The van der Waals surface area contributed by atoms with Gasteiger partial charge < -0.3 is 19.9 Å². The molecule has 170 valence electrons. The molecule has 1 saturated carbocycles. The van der Waals surface area contributed by atoms with Crippen LogP contribution in [0.2, 0.25) is 0 Å². The number of hydrogen-bond acceptors (Lipinski definition) is 7. The number of anilines is 2. The molecule has 5 rings (SSSR count). The number of hydrogen-bond donors (Lipinski definition) is 3. The summed E-state index contributed by atoms with van der Waals surface area (Å²) < 4.78 is 49.6. The Kier molecular flexibility index (Phi) is 5.07. The maximum atomic E-state index is 13.6. The summed E-state index contributed by atoms with van der Waals surface area (Å²) in [6, 6.07) is 1.43. The Labute approximate surface area is 184 Å². The van der Waals surface area contributed by atoms with Gasteiger partial charge in [-0.05, 0) is 30.7 Å². The first-order chi connectivity index (χ1) is 15.3. The first-order valence-electron chi connectivity index (χ1n) is 10.0. The molecule has 1 aliphatic carbocycles. The highest BCUT2D eigenvalue weighted by Gasteiger charge is 2.43. The Bertz CT molecular complexity index is 1130. The van der Waals surface area contributed by atoms with Crippen LogP contribution < -0.4 is 15.4 Å². The van der Waals surface area contributed by atoms with E-state index in [2.05, 4.69) is 30.0 Å². The number of H-pyrrole nitrogens is 1. The number of alkyl halides is 3. The Balaban J connectivity index is 1.25. The van der Waals surface area contributed by atoms with Crippen LogP contribution >= 0.6 is 11.5 Å². The van der Waals surface area contributed by atoms with Crippen molar-refractivity contribution in [3.05, 3.63) is 24.0 Å². The third kappa shape index (κ3) is 3.80. The maximum Gasteiger partial charge on any atom is 0.419 e. The average molecular weight is 467 g/mol. The largest absolute Gasteiger partial charge is 0.466 e. The summed E-state index contributed by atoms with van der Waals surface area (Å²) in [5.41, 5.74) is -0.293. The average Bonchev–Trinajstić information content (AvgIpc) is 3.50. The molecule has 13 heteroatoms. The number of aromatic nitrogens is 4. The van der Waals surface area contributed by atoms with E-state index < -0.39 is 11.7 Å². The fourth-order valence-corrected chi connectivity index (χ4v) is 5.21. The second-order valence-electron chi connectivity index (χ2n) is 8.04. The van der Waals surface area contributed by atoms with E-state index in [9.17, 15) is 18.0 Å². The van der Waals surface area contributed by atoms with Gasteiger partial charge in [-0.3, -0.25) is 5.32 Å². The molecule has 0 aromatic carbocycles. The molecule has 1 unspecified atom stereocenters. The second kappa shape index (κ2) is 7.80. The number of likely N-dealkylation sites (tertiary alicyclic amines) is 1. The zero-order valence-electron chi connectivity index (χ0n) is 16.9. The van der Waals surface area contributed by atoms with E-state index in [1.807, 2.05) is 0 Å². The van der Waals surface area contributed by atoms with Crippen LogP contribution in [0.25, 0.3) is 11.0 Å². The summed E-state index contributed by atoms with van der Waals surface area (Å²) in [5.74, 6) is 0.445. The molecule has 0 spiro atoms. The molecular weight excluding hydrogens is 447 g/mol. The predicted octanol–water partition coefficient (Wildman–Crippen LogP) is 3.80. The van der Waals surface area contributed by atoms with Gasteiger partial charge in [0, 0.05) is 48.4 Å². The van der Waals surface area contributed by atoms with Gasteiger partial charge in [0.2, 0.25) is 5.13 Å². The number of rotatable bonds is 4. The number of fused-ring (bicyclic) bond motifs is 2. The minimum absolute atomic E-state index is 0.0635. The molecule has 3 aromatic rings. The molecule has 0 bridgehead atoms. The number of nitrogens with one attached hydrogen (secondary N) is 3. The van der Waals surface area contributed by atoms with E-state index in [0.717, 1.165) is 17.7 Å². The number of aromatic amines is 1. The highest BCUT2D eigenvalue weighted by Crippen LogP contribution is 2.43. The second-order valence-corrected chi connectivity index (χ2v) is 8.79. The number of urea groups is 1. The van der Waals surface area contributed by atoms with E-state index >= 15 is 0 Å². The lowest BCUT2D eigenvalue weighted by molar-refractivity contribution is -0.137. The van der Waals surface area contributed by atoms with Crippen LogP contribution in [0, 0.1) is 11.8 Å². The van der Waals surface area contributed by atoms with Gasteiger partial charge in [0.1, 0.15) is 5.65 Å². The molecule has 3 atom stereocenters. The van der Waals surface area contributed by atoms with Crippen LogP contribution in [0.15, 0.2) is 18.5 Å². The fraction of sp³-hybridized carbons (Fsp3) is 0.474. The Morgan fingerprint density at radius 2 is 2.06 bits per heavy atom. The highest BCUT2D eigenvalue weighted by molar-refractivity contribution is 7.10. The summed E-state index contributed by atoms with van der Waals surface area (Å²) in [6.45, 7) is 1.10. The van der Waals surface area contributed by atoms with E-state index in [-0.39, 0.29) is 35.6 Å². The number of halogens is 3. The zero-order valence-corrected chi connectivity index (χ0v) is 17.8. The van der Waals surface area contributed by atoms with Gasteiger partial charge in [0.25, 0.3) is 0 Å². The molecule has 2 amide bonds. The van der Waals surface area contributed by atoms with Gasteiger partial charge in [-0.1, -0.05) is 0 Å². The van der Waals surface area contributed by atoms with Gasteiger partial charge in [0.05, 0.1) is 18.4 Å². The third-order valence-electron chi connectivity index (χ3n) is 6.08. The van der Waals surface area contributed by atoms with Crippen molar-refractivity contribution in [3.63, 3.8) is 0 Å². The minimum atomic E-state index is -4.50. The SMILES string of the molecule is COc1nsc(NC(=O)N2CC3C[C@@H](Nc4c(C(F)(F)F)cnc5[nH]ccc45)C[C@@H]3C2)n1. The van der Waals surface area contributed by atoms with Crippen LogP contribution in [0.4, 0.5) is 28.8 Å². The Morgan fingerprint density at radius 1 is 1.31 bits per heavy atom. The number of carbonyl (C=O) groups is 1. The first kappa shape index (κ1) is 20.8. The van der Waals surface area contributed by atoms with Gasteiger partial charge in [-0.2, -0.15) is 18.2 Å². The number of carbonyl (C=O) groups excluding carboxylic acids is 1. The number of ether oxygens (including phenoxy) is 1. The fourth-order valence-electron chi connectivity index (χ4n) is 4.68. The lowest BCUT2D eigenvalue weighted by Gasteiger charge is -2.22. The van der Waals surface area contributed by atoms with Crippen molar-refractivity contribution < 1.29 is 22.7 Å². The lowest BCUT2D eigenvalue weighted by Crippen LogP contribution is -2.34. The normalized spacial score (nSPS) is 22.9. The van der Waals surface area contributed by atoms with Crippen molar-refractivity contribution in [1.29, 1.82) is 0 Å². The molecule has 2 aliphatic rings. The number of methoxy groups -OCH3 is 1. The number of nitrogens with zero attached hydrogens (tertiary/aromatic N) is 4. The smallest absolute Gasteiger partial charge is 0.419 e. The molecule has 4 heterocycles. The van der Waals surface area contributed by atoms with Crippen molar-refractivity contribution in [2.75, 3.05) is 30.8 Å². The Morgan fingerprint density at radius 3 is 2.72 bits per heavy atom. The van der Waals surface area contributed by atoms with Crippen LogP contribution in [0.5, 0.6) is 6.01 Å². The molecule has 32 heavy (non-hydrogen) atoms. The quantitative estimate of drug-likeness (QED) is 0.539. The standard InChI is InChI=1S/C19H20F3N7O2S/c1-31-16-26-17(32-28-16)27-18(30)29-7-9-4-11(5-10(9)8-29)25-14-12-2-3-23-15(12)24-6-13(14)19(20,21)22/h2-3,6,9-11H,4-5,7-8H2,1H3,(H2,23,24,25)(H,26,27,28,30)/t9-,10?,11+/m1/s1. The zero-order chi connectivity index (χ0) is 22.5. The summed E-state index contributed by atoms with van der Waals surface area (Å²) >= 11 is 1.03. The molecule has 1 aliphatic heterocycles. The van der Waals surface area contributed by atoms with E-state index in [1.165, 1.54) is 7.11 Å². The van der Waals surface area contributed by atoms with E-state index in [0.29, 0.717) is 42.1 Å². The van der Waals surface area contributed by atoms with Crippen molar-refractivity contribution in [3.8, 4) is 6.01 Å². The van der Waals surface area contributed by atoms with Crippen LogP contribution in [-0.4, -0.2) is 56.5 Å². The molecular formula is C19H20F3N7O2S. The van der Waals surface area contributed by atoms with Crippen molar-refractivity contribution in [2.24, 2.45) is 11.8 Å². The number of amides is 2. The van der Waals surface area contributed by atoms with E-state index in [1.54, 1.807) is 17.2 Å². The third-order valence-corrected chi connectivity index (χ3v) is 6.70. The summed E-state index contributed by atoms with van der Waals surface area (Å²) in [5, 5.41) is 6.64. The molecule has 3 N–H and O–H groups in total. The van der Waals surface area contributed by atoms with Crippen LogP contribution in [0.3, 0.4) is 0 Å². The van der Waals surface area contributed by atoms with Gasteiger partial charge >= 0.3 is 18.2 Å². The van der Waals surface area contributed by atoms with Crippen molar-refractivity contribution in [2.45, 2.75) is 25.1 Å². The summed E-state index contributed by atoms with van der Waals surface area (Å²) in [6.07, 6.45) is -0.682. The predicted molar refractivity (Wildman–Crippen MR) is 112 cm³/mol. The summed E-state index contributed by atoms with van der Waals surface area (Å²) in [4.78, 5) is 25.1. The molecule has 3 aromatic heterocycles. The highest BCUT2D eigenvalue weighted by atomic mass is 32.1. The minimum Gasteiger partial charge on any atom is -0.466 e. The van der Waals surface area contributed by atoms with Gasteiger partial charge in [-0.25, -0.2) is 9.78 Å². The molecule has 0 radical (unpaired) electrons. The van der Waals surface area contributed by atoms with Gasteiger partial charge in [-0.15, -0.1) is 4.37 Å². The van der Waals surface area contributed by atoms with Crippen molar-refractivity contribution >= 4 is 39.4 Å². The summed E-state index contributed by atoms with van der Waals surface area (Å²) in [7, 11) is 1.45. The van der Waals surface area contributed by atoms with E-state index in [4.69, 9.17) is 4.74 Å². The molecule has 1 saturated heterocycles. The Hall–Kier alpha value is -3.09. The van der Waals surface area contributed by atoms with Crippen LogP contribution in [-0.2, 0) is 6.18 Å². The maximum absolute atomic E-state index is 13.6. The molecule has 2 fully saturated rings. The van der Waals surface area contributed by atoms with Gasteiger partial charge in [0.15, 0.2) is 0 Å². The first-order valence-corrected chi connectivity index (χ1v) is 10.8. The number of pyridine rings is 1.